The third-order valence-corrected chi connectivity index (χ3v) is 2.80. The molecule has 1 aliphatic rings. The van der Waals surface area contributed by atoms with E-state index >= 15 is 0 Å². The molecule has 8 heteroatoms. The molecule has 0 radical (unpaired) electrons. The molecule has 2 heterocycles. The summed E-state index contributed by atoms with van der Waals surface area (Å²) in [6.07, 6.45) is 3.40. The number of imidazole rings is 1. The zero-order valence-corrected chi connectivity index (χ0v) is 11.4. The van der Waals surface area contributed by atoms with Crippen LogP contribution in [0.3, 0.4) is 0 Å². The molecule has 1 fully saturated rings. The van der Waals surface area contributed by atoms with E-state index in [0.717, 1.165) is 12.8 Å². The van der Waals surface area contributed by atoms with Crippen molar-refractivity contribution in [3.05, 3.63) is 18.3 Å². The van der Waals surface area contributed by atoms with Gasteiger partial charge in [0.05, 0.1) is 11.8 Å². The standard InChI is InChI=1S/C10H11BN4O3.C2H6/c16-10(6-1-2-6)13-8-5-15-9(12-8)4-3-7(14-15)11(17)18;1-2/h3-6,17-18H,1-2H2,(H,13,16);1-2H3. The summed E-state index contributed by atoms with van der Waals surface area (Å²) in [5.74, 6) is 0.502. The van der Waals surface area contributed by atoms with Crippen molar-refractivity contribution >= 4 is 30.1 Å². The van der Waals surface area contributed by atoms with Crippen molar-refractivity contribution in [1.29, 1.82) is 0 Å². The van der Waals surface area contributed by atoms with Gasteiger partial charge in [-0.15, -0.1) is 0 Å². The van der Waals surface area contributed by atoms with Crippen molar-refractivity contribution < 1.29 is 14.8 Å². The molecule has 3 N–H and O–H groups in total. The number of aromatic nitrogens is 3. The van der Waals surface area contributed by atoms with Gasteiger partial charge in [-0.3, -0.25) is 4.79 Å². The van der Waals surface area contributed by atoms with Gasteiger partial charge >= 0.3 is 7.12 Å². The number of anilines is 1. The molecule has 2 aromatic heterocycles. The van der Waals surface area contributed by atoms with E-state index in [1.807, 2.05) is 13.8 Å². The van der Waals surface area contributed by atoms with Crippen molar-refractivity contribution in [2.45, 2.75) is 26.7 Å². The second-order valence-corrected chi connectivity index (χ2v) is 4.32. The SMILES string of the molecule is CC.O=C(Nc1cn2nc(B(O)O)ccc2n1)C1CC1. The van der Waals surface area contributed by atoms with Gasteiger partial charge in [0.2, 0.25) is 5.91 Å². The van der Waals surface area contributed by atoms with E-state index in [-0.39, 0.29) is 17.4 Å². The summed E-state index contributed by atoms with van der Waals surface area (Å²) < 4.78 is 1.40. The van der Waals surface area contributed by atoms with E-state index in [1.54, 1.807) is 12.3 Å². The minimum Gasteiger partial charge on any atom is -0.422 e. The lowest BCUT2D eigenvalue weighted by Crippen LogP contribution is -2.33. The maximum absolute atomic E-state index is 11.6. The molecule has 0 saturated heterocycles. The molecule has 0 spiro atoms. The van der Waals surface area contributed by atoms with Gasteiger partial charge in [0, 0.05) is 5.92 Å². The number of hydrogen-bond acceptors (Lipinski definition) is 5. The van der Waals surface area contributed by atoms with Crippen LogP contribution in [0, 0.1) is 5.92 Å². The largest absolute Gasteiger partial charge is 0.510 e. The molecule has 0 unspecified atom stereocenters. The highest BCUT2D eigenvalue weighted by Crippen LogP contribution is 2.29. The Bertz CT molecular complexity index is 610. The molecule has 20 heavy (non-hydrogen) atoms. The summed E-state index contributed by atoms with van der Waals surface area (Å²) in [4.78, 5) is 15.7. The van der Waals surface area contributed by atoms with Gasteiger partial charge in [0.15, 0.2) is 11.5 Å². The normalized spacial score (nSPS) is 13.6. The molecule has 0 aliphatic heterocycles. The first kappa shape index (κ1) is 14.5. The molecule has 0 atom stereocenters. The summed E-state index contributed by atoms with van der Waals surface area (Å²) >= 11 is 0. The van der Waals surface area contributed by atoms with Gasteiger partial charge in [-0.05, 0) is 25.0 Å². The molecule has 106 valence electrons. The van der Waals surface area contributed by atoms with Crippen LogP contribution in [0.4, 0.5) is 5.82 Å². The predicted molar refractivity (Wildman–Crippen MR) is 75.5 cm³/mol. The number of carbonyl (C=O) groups excluding carboxylic acids is 1. The fraction of sp³-hybridized carbons (Fsp3) is 0.417. The quantitative estimate of drug-likeness (QED) is 0.673. The summed E-state index contributed by atoms with van der Waals surface area (Å²) in [5.41, 5.74) is 0.658. The average molecular weight is 276 g/mol. The lowest BCUT2D eigenvalue weighted by molar-refractivity contribution is -0.117. The molecule has 7 nitrogen and oxygen atoms in total. The molecular weight excluding hydrogens is 259 g/mol. The summed E-state index contributed by atoms with van der Waals surface area (Å²) in [6.45, 7) is 4.00. The average Bonchev–Trinajstić information content (AvgIpc) is 3.21. The maximum Gasteiger partial charge on any atom is 0.510 e. The minimum absolute atomic E-state index is 0.0270. The Hall–Kier alpha value is -1.93. The molecule has 1 amide bonds. The molecule has 1 aliphatic carbocycles. The van der Waals surface area contributed by atoms with E-state index in [9.17, 15) is 4.79 Å². The second kappa shape index (κ2) is 6.02. The van der Waals surface area contributed by atoms with Crippen molar-refractivity contribution in [2.24, 2.45) is 5.92 Å². The number of nitrogens with zero attached hydrogens (tertiary/aromatic N) is 3. The summed E-state index contributed by atoms with van der Waals surface area (Å²) in [6, 6.07) is 3.08. The van der Waals surface area contributed by atoms with Crippen LogP contribution >= 0.6 is 0 Å². The molecule has 1 saturated carbocycles. The van der Waals surface area contributed by atoms with Crippen LogP contribution in [0.2, 0.25) is 0 Å². The summed E-state index contributed by atoms with van der Waals surface area (Å²) in [5, 5.41) is 24.7. The molecule has 2 aromatic rings. The van der Waals surface area contributed by atoms with Gasteiger partial charge in [-0.2, -0.15) is 5.10 Å². The van der Waals surface area contributed by atoms with Gasteiger partial charge in [-0.1, -0.05) is 13.8 Å². The molecule has 0 bridgehead atoms. The third-order valence-electron chi connectivity index (χ3n) is 2.80. The Labute approximate surface area is 116 Å². The van der Waals surface area contributed by atoms with Crippen LogP contribution in [0.5, 0.6) is 0 Å². The zero-order valence-electron chi connectivity index (χ0n) is 11.4. The zero-order chi connectivity index (χ0) is 14.7. The minimum atomic E-state index is -1.62. The van der Waals surface area contributed by atoms with Gasteiger partial charge < -0.3 is 15.4 Å². The molecule has 3 rings (SSSR count). The van der Waals surface area contributed by atoms with E-state index in [0.29, 0.717) is 11.5 Å². The first-order valence-electron chi connectivity index (χ1n) is 6.67. The number of fused-ring (bicyclic) bond motifs is 1. The van der Waals surface area contributed by atoms with Crippen LogP contribution in [0.1, 0.15) is 26.7 Å². The lowest BCUT2D eigenvalue weighted by atomic mass is 9.86. The predicted octanol–water partition coefficient (Wildman–Crippen LogP) is -0.216. The van der Waals surface area contributed by atoms with Crippen molar-refractivity contribution in [2.75, 3.05) is 5.32 Å². The highest BCUT2D eigenvalue weighted by atomic mass is 16.4. The number of rotatable bonds is 3. The number of nitrogens with one attached hydrogen (secondary N) is 1. The topological polar surface area (TPSA) is 99.8 Å². The summed E-state index contributed by atoms with van der Waals surface area (Å²) in [7, 11) is -1.62. The maximum atomic E-state index is 11.6. The Kier molecular flexibility index (Phi) is 4.36. The fourth-order valence-electron chi connectivity index (χ4n) is 1.67. The van der Waals surface area contributed by atoms with Crippen molar-refractivity contribution in [3.8, 4) is 0 Å². The Morgan fingerprint density at radius 1 is 1.40 bits per heavy atom. The van der Waals surface area contributed by atoms with Gasteiger partial charge in [-0.25, -0.2) is 9.50 Å². The number of hydrogen-bond donors (Lipinski definition) is 3. The first-order valence-corrected chi connectivity index (χ1v) is 6.67. The van der Waals surface area contributed by atoms with Gasteiger partial charge in [0.1, 0.15) is 0 Å². The first-order chi connectivity index (χ1) is 9.63. The van der Waals surface area contributed by atoms with Gasteiger partial charge in [0.25, 0.3) is 0 Å². The Morgan fingerprint density at radius 3 is 2.70 bits per heavy atom. The van der Waals surface area contributed by atoms with E-state index in [2.05, 4.69) is 15.4 Å². The van der Waals surface area contributed by atoms with Crippen molar-refractivity contribution in [3.63, 3.8) is 0 Å². The fourth-order valence-corrected chi connectivity index (χ4v) is 1.67. The third kappa shape index (κ3) is 3.15. The van der Waals surface area contributed by atoms with E-state index in [1.165, 1.54) is 10.6 Å². The monoisotopic (exact) mass is 276 g/mol. The van der Waals surface area contributed by atoms with Crippen molar-refractivity contribution in [1.82, 2.24) is 14.6 Å². The van der Waals surface area contributed by atoms with Crippen LogP contribution in [-0.2, 0) is 4.79 Å². The second-order valence-electron chi connectivity index (χ2n) is 4.32. The van der Waals surface area contributed by atoms with Crippen LogP contribution in [-0.4, -0.2) is 37.7 Å². The number of amides is 1. The highest BCUT2D eigenvalue weighted by Gasteiger charge is 2.30. The van der Waals surface area contributed by atoms with Crippen LogP contribution in [0.25, 0.3) is 5.65 Å². The Morgan fingerprint density at radius 2 is 2.10 bits per heavy atom. The molecular formula is C12H17BN4O3. The Balaban J connectivity index is 0.000000704. The van der Waals surface area contributed by atoms with E-state index < -0.39 is 7.12 Å². The van der Waals surface area contributed by atoms with Crippen LogP contribution < -0.4 is 10.9 Å². The molecule has 0 aromatic carbocycles. The smallest absolute Gasteiger partial charge is 0.422 e. The number of carbonyl (C=O) groups is 1. The lowest BCUT2D eigenvalue weighted by Gasteiger charge is -1.97. The van der Waals surface area contributed by atoms with Crippen LogP contribution in [0.15, 0.2) is 18.3 Å². The highest BCUT2D eigenvalue weighted by molar-refractivity contribution is 6.57. The van der Waals surface area contributed by atoms with E-state index in [4.69, 9.17) is 10.0 Å².